The van der Waals surface area contributed by atoms with Crippen LogP contribution in [0.4, 0.5) is 10.1 Å². The molecule has 0 bridgehead atoms. The molecule has 1 fully saturated rings. The van der Waals surface area contributed by atoms with Crippen molar-refractivity contribution in [2.24, 2.45) is 5.73 Å². The van der Waals surface area contributed by atoms with Crippen molar-refractivity contribution in [3.8, 4) is 11.3 Å². The van der Waals surface area contributed by atoms with Crippen LogP contribution in [-0.4, -0.2) is 40.7 Å². The molecule has 1 heterocycles. The fourth-order valence-corrected chi connectivity index (χ4v) is 4.92. The van der Waals surface area contributed by atoms with Crippen LogP contribution >= 0.6 is 0 Å². The van der Waals surface area contributed by atoms with Gasteiger partial charge in [-0.15, -0.1) is 0 Å². The van der Waals surface area contributed by atoms with Crippen LogP contribution in [0.2, 0.25) is 0 Å². The summed E-state index contributed by atoms with van der Waals surface area (Å²) < 4.78 is 46.1. The van der Waals surface area contributed by atoms with E-state index in [9.17, 15) is 17.6 Å². The molecule has 1 saturated carbocycles. The number of nitrogens with zero attached hydrogens (tertiary/aromatic N) is 1. The van der Waals surface area contributed by atoms with E-state index in [0.29, 0.717) is 46.5 Å². The zero-order valence-corrected chi connectivity index (χ0v) is 18.8. The van der Waals surface area contributed by atoms with Crippen LogP contribution in [0.15, 0.2) is 40.8 Å². The predicted molar refractivity (Wildman–Crippen MR) is 123 cm³/mol. The van der Waals surface area contributed by atoms with Gasteiger partial charge < -0.3 is 15.5 Å². The molecule has 0 unspecified atom stereocenters. The molecule has 3 aromatic rings. The quantitative estimate of drug-likeness (QED) is 0.536. The number of hydrogen-bond donors (Lipinski definition) is 2. The molecular weight excluding hydrogens is 433 g/mol. The number of fused-ring (bicyclic) bond motifs is 1. The van der Waals surface area contributed by atoms with Crippen LogP contribution in [0, 0.1) is 5.82 Å². The average molecular weight is 460 g/mol. The summed E-state index contributed by atoms with van der Waals surface area (Å²) in [4.78, 5) is 12.8. The molecule has 4 rings (SSSR count). The topological polar surface area (TPSA) is 106 Å². The molecule has 1 aliphatic carbocycles. The summed E-state index contributed by atoms with van der Waals surface area (Å²) in [6, 6.07) is 9.26. The van der Waals surface area contributed by atoms with Crippen molar-refractivity contribution >= 4 is 32.6 Å². The average Bonchev–Trinajstić information content (AvgIpc) is 3.53. The maximum absolute atomic E-state index is 13.5. The van der Waals surface area contributed by atoms with E-state index in [1.54, 1.807) is 18.2 Å². The van der Waals surface area contributed by atoms with Gasteiger partial charge in [-0.2, -0.15) is 0 Å². The number of furan rings is 1. The Kier molecular flexibility index (Phi) is 5.96. The first-order valence-electron chi connectivity index (χ1n) is 10.5. The second kappa shape index (κ2) is 8.55. The first kappa shape index (κ1) is 22.3. The lowest BCUT2D eigenvalue weighted by Gasteiger charge is -2.25. The summed E-state index contributed by atoms with van der Waals surface area (Å²) in [6.07, 6.45) is 3.58. The van der Waals surface area contributed by atoms with Crippen LogP contribution in [0.5, 0.6) is 0 Å². The van der Waals surface area contributed by atoms with Gasteiger partial charge in [-0.3, -0.25) is 9.10 Å². The monoisotopic (exact) mass is 459 g/mol. The minimum absolute atomic E-state index is 0.221. The molecule has 2 aromatic carbocycles. The molecule has 9 heteroatoms. The van der Waals surface area contributed by atoms with Crippen molar-refractivity contribution in [2.75, 3.05) is 30.7 Å². The Morgan fingerprint density at radius 2 is 1.94 bits per heavy atom. The maximum Gasteiger partial charge on any atom is 0.255 e. The summed E-state index contributed by atoms with van der Waals surface area (Å²) in [5, 5.41) is 3.24. The number of sulfonamides is 1. The minimum atomic E-state index is -3.55. The molecule has 1 amide bonds. The van der Waals surface area contributed by atoms with Crippen LogP contribution in [0.3, 0.4) is 0 Å². The number of carbonyl (C=O) groups excluding carboxylic acids is 1. The third-order valence-corrected chi connectivity index (χ3v) is 6.83. The van der Waals surface area contributed by atoms with Crippen LogP contribution in [-0.2, 0) is 10.0 Å². The van der Waals surface area contributed by atoms with Crippen LogP contribution in [0.25, 0.3) is 22.3 Å². The Bertz CT molecular complexity index is 1260. The molecule has 1 aromatic heterocycles. The van der Waals surface area contributed by atoms with Gasteiger partial charge in [-0.1, -0.05) is 0 Å². The van der Waals surface area contributed by atoms with Gasteiger partial charge in [-0.25, -0.2) is 12.8 Å². The fraction of sp³-hybridized carbons (Fsp3) is 0.348. The molecule has 0 spiro atoms. The second-order valence-corrected chi connectivity index (χ2v) is 9.96. The Morgan fingerprint density at radius 1 is 1.25 bits per heavy atom. The molecule has 0 aliphatic heterocycles. The number of benzene rings is 2. The molecule has 32 heavy (non-hydrogen) atoms. The Morgan fingerprint density at radius 3 is 2.50 bits per heavy atom. The zero-order chi connectivity index (χ0) is 23.0. The Labute approximate surface area is 186 Å². The molecule has 0 radical (unpaired) electrons. The smallest absolute Gasteiger partial charge is 0.255 e. The number of carbonyl (C=O) groups is 1. The lowest BCUT2D eigenvalue weighted by atomic mass is 10.0. The van der Waals surface area contributed by atoms with Gasteiger partial charge in [0.15, 0.2) is 0 Å². The normalized spacial score (nSPS) is 14.0. The summed E-state index contributed by atoms with van der Waals surface area (Å²) in [7, 11) is -2.02. The number of rotatable bonds is 8. The van der Waals surface area contributed by atoms with Crippen molar-refractivity contribution in [1.29, 1.82) is 0 Å². The first-order chi connectivity index (χ1) is 15.2. The van der Waals surface area contributed by atoms with E-state index >= 15 is 0 Å². The van der Waals surface area contributed by atoms with Gasteiger partial charge in [0.1, 0.15) is 17.2 Å². The van der Waals surface area contributed by atoms with E-state index in [2.05, 4.69) is 5.32 Å². The molecular formula is C23H26FN3O4S. The van der Waals surface area contributed by atoms with Crippen LogP contribution < -0.4 is 15.4 Å². The van der Waals surface area contributed by atoms with E-state index in [1.807, 2.05) is 6.07 Å². The van der Waals surface area contributed by atoms with Crippen molar-refractivity contribution in [3.05, 3.63) is 53.3 Å². The van der Waals surface area contributed by atoms with Gasteiger partial charge in [0.2, 0.25) is 10.0 Å². The number of amides is 1. The highest BCUT2D eigenvalue weighted by Gasteiger charge is 2.33. The molecule has 7 nitrogen and oxygen atoms in total. The Hall–Kier alpha value is -2.91. The molecule has 3 N–H and O–H groups in total. The largest absolute Gasteiger partial charge is 0.455 e. The third-order valence-electron chi connectivity index (χ3n) is 5.65. The van der Waals surface area contributed by atoms with E-state index in [1.165, 1.54) is 29.7 Å². The first-order valence-corrected chi connectivity index (χ1v) is 12.4. The number of hydrogen-bond acceptors (Lipinski definition) is 5. The minimum Gasteiger partial charge on any atom is -0.455 e. The van der Waals surface area contributed by atoms with E-state index in [4.69, 9.17) is 10.2 Å². The highest BCUT2D eigenvalue weighted by Crippen LogP contribution is 2.48. The summed E-state index contributed by atoms with van der Waals surface area (Å²) in [5.74, 6) is -0.196. The standard InChI is InChI=1S/C23H26FN3O4S/c1-26-23(28)21-18-12-17(14-4-5-14)19(27(11-3-10-25)32(2,29)30)13-20(18)31-22(21)15-6-8-16(24)9-7-15/h6-9,12-14H,3-5,10-11,25H2,1-2H3,(H,26,28). The van der Waals surface area contributed by atoms with E-state index in [0.717, 1.165) is 18.4 Å². The maximum atomic E-state index is 13.5. The zero-order valence-electron chi connectivity index (χ0n) is 18.0. The van der Waals surface area contributed by atoms with Gasteiger partial charge in [0, 0.05) is 30.6 Å². The van der Waals surface area contributed by atoms with Crippen molar-refractivity contribution in [3.63, 3.8) is 0 Å². The number of halogens is 1. The van der Waals surface area contributed by atoms with E-state index in [-0.39, 0.29) is 18.4 Å². The highest BCUT2D eigenvalue weighted by molar-refractivity contribution is 7.92. The Balaban J connectivity index is 1.97. The number of nitrogens with two attached hydrogens (primary N) is 1. The highest BCUT2D eigenvalue weighted by atomic mass is 32.2. The number of nitrogens with one attached hydrogen (secondary N) is 1. The van der Waals surface area contributed by atoms with E-state index < -0.39 is 15.8 Å². The van der Waals surface area contributed by atoms with Gasteiger partial charge in [-0.05, 0) is 67.6 Å². The van der Waals surface area contributed by atoms with Crippen molar-refractivity contribution in [1.82, 2.24) is 5.32 Å². The third kappa shape index (κ3) is 4.22. The van der Waals surface area contributed by atoms with Crippen LogP contribution in [0.1, 0.15) is 41.1 Å². The van der Waals surface area contributed by atoms with Gasteiger partial charge in [0.05, 0.1) is 17.5 Å². The molecule has 0 saturated heterocycles. The van der Waals surface area contributed by atoms with Gasteiger partial charge in [0.25, 0.3) is 5.91 Å². The molecule has 1 aliphatic rings. The van der Waals surface area contributed by atoms with Crippen molar-refractivity contribution in [2.45, 2.75) is 25.2 Å². The second-order valence-electron chi connectivity index (χ2n) is 8.05. The summed E-state index contributed by atoms with van der Waals surface area (Å²) in [6.45, 7) is 0.623. The molecule has 170 valence electrons. The predicted octanol–water partition coefficient (Wildman–Crippen LogP) is 3.59. The lowest BCUT2D eigenvalue weighted by Crippen LogP contribution is -2.32. The number of anilines is 1. The summed E-state index contributed by atoms with van der Waals surface area (Å²) >= 11 is 0. The summed E-state index contributed by atoms with van der Waals surface area (Å²) in [5.41, 5.74) is 8.35. The fourth-order valence-electron chi connectivity index (χ4n) is 3.94. The van der Waals surface area contributed by atoms with Crippen molar-refractivity contribution < 1.29 is 22.0 Å². The van der Waals surface area contributed by atoms with Gasteiger partial charge >= 0.3 is 0 Å². The SMILES string of the molecule is CNC(=O)c1c(-c2ccc(F)cc2)oc2cc(N(CCCN)S(C)(=O)=O)c(C3CC3)cc12. The lowest BCUT2D eigenvalue weighted by molar-refractivity contribution is 0.0964. The molecule has 0 atom stereocenters.